The molecule has 1 aliphatic heterocycles. The molecule has 140 valence electrons. The summed E-state index contributed by atoms with van der Waals surface area (Å²) in [5, 5.41) is 3.54. The Bertz CT molecular complexity index is 968. The van der Waals surface area contributed by atoms with E-state index in [1.807, 2.05) is 18.2 Å². The Hall–Kier alpha value is -2.41. The van der Waals surface area contributed by atoms with E-state index in [9.17, 15) is 4.79 Å². The first kappa shape index (κ1) is 18.0. The summed E-state index contributed by atoms with van der Waals surface area (Å²) in [6.07, 6.45) is 0. The van der Waals surface area contributed by atoms with Gasteiger partial charge in [-0.25, -0.2) is 4.98 Å². The second-order valence-electron chi connectivity index (χ2n) is 6.61. The number of ether oxygens (including phenoxy) is 1. The van der Waals surface area contributed by atoms with Crippen LogP contribution in [0.2, 0.25) is 5.02 Å². The van der Waals surface area contributed by atoms with Crippen molar-refractivity contribution in [1.29, 1.82) is 0 Å². The first-order valence-electron chi connectivity index (χ1n) is 8.91. The molecule has 6 nitrogen and oxygen atoms in total. The van der Waals surface area contributed by atoms with Crippen molar-refractivity contribution in [1.82, 2.24) is 14.5 Å². The molecule has 7 heteroatoms. The lowest BCUT2D eigenvalue weighted by atomic mass is 10.2. The molecule has 27 heavy (non-hydrogen) atoms. The van der Waals surface area contributed by atoms with Gasteiger partial charge >= 0.3 is 0 Å². The number of aromatic nitrogens is 2. The van der Waals surface area contributed by atoms with Crippen molar-refractivity contribution in [2.45, 2.75) is 13.1 Å². The smallest absolute Gasteiger partial charge is 0.255 e. The van der Waals surface area contributed by atoms with Crippen LogP contribution in [0.3, 0.4) is 0 Å². The molecule has 3 aromatic rings. The number of amides is 1. The minimum Gasteiger partial charge on any atom is -0.383 e. The molecule has 0 aliphatic carbocycles. The van der Waals surface area contributed by atoms with E-state index >= 15 is 0 Å². The summed E-state index contributed by atoms with van der Waals surface area (Å²) < 4.78 is 7.42. The monoisotopic (exact) mass is 384 g/mol. The van der Waals surface area contributed by atoms with Crippen LogP contribution in [0, 0.1) is 0 Å². The van der Waals surface area contributed by atoms with Crippen LogP contribution in [-0.4, -0.2) is 47.2 Å². The summed E-state index contributed by atoms with van der Waals surface area (Å²) in [6.45, 7) is 4.33. The summed E-state index contributed by atoms with van der Waals surface area (Å²) in [5.74, 6) is 0.884. The topological polar surface area (TPSA) is 59.4 Å². The van der Waals surface area contributed by atoms with Crippen molar-refractivity contribution in [3.05, 3.63) is 58.9 Å². The summed E-state index contributed by atoms with van der Waals surface area (Å²) in [4.78, 5) is 19.5. The fourth-order valence-corrected chi connectivity index (χ4v) is 3.49. The molecule has 4 rings (SSSR count). The third kappa shape index (κ3) is 3.83. The zero-order chi connectivity index (χ0) is 18.8. The van der Waals surface area contributed by atoms with E-state index in [0.29, 0.717) is 10.6 Å². The number of methoxy groups -OCH3 is 1. The van der Waals surface area contributed by atoms with Crippen LogP contribution in [-0.2, 0) is 17.8 Å². The van der Waals surface area contributed by atoms with Gasteiger partial charge in [-0.3, -0.25) is 9.69 Å². The molecular weight excluding hydrogens is 364 g/mol. The van der Waals surface area contributed by atoms with Crippen LogP contribution in [0.1, 0.15) is 16.2 Å². The number of benzene rings is 2. The molecule has 1 aromatic heterocycles. The van der Waals surface area contributed by atoms with E-state index in [4.69, 9.17) is 21.3 Å². The quantitative estimate of drug-likeness (QED) is 0.732. The van der Waals surface area contributed by atoms with Gasteiger partial charge in [0.15, 0.2) is 0 Å². The molecule has 0 fully saturated rings. The van der Waals surface area contributed by atoms with Gasteiger partial charge in [0, 0.05) is 43.0 Å². The fraction of sp³-hybridized carbons (Fsp3) is 0.300. The van der Waals surface area contributed by atoms with Crippen molar-refractivity contribution in [2.24, 2.45) is 0 Å². The number of rotatable bonds is 5. The Morgan fingerprint density at radius 1 is 1.22 bits per heavy atom. The van der Waals surface area contributed by atoms with E-state index in [1.165, 1.54) is 0 Å². The highest BCUT2D eigenvalue weighted by Crippen LogP contribution is 2.24. The highest BCUT2D eigenvalue weighted by molar-refractivity contribution is 6.30. The van der Waals surface area contributed by atoms with Gasteiger partial charge in [-0.15, -0.1) is 0 Å². The van der Waals surface area contributed by atoms with Crippen molar-refractivity contribution in [3.63, 3.8) is 0 Å². The van der Waals surface area contributed by atoms with E-state index in [2.05, 4.69) is 14.8 Å². The Kier molecular flexibility index (Phi) is 5.11. The van der Waals surface area contributed by atoms with Gasteiger partial charge < -0.3 is 14.6 Å². The predicted molar refractivity (Wildman–Crippen MR) is 106 cm³/mol. The van der Waals surface area contributed by atoms with E-state index in [1.54, 1.807) is 31.4 Å². The Morgan fingerprint density at radius 3 is 2.81 bits per heavy atom. The molecule has 1 aliphatic rings. The normalized spacial score (nSPS) is 14.3. The SMILES string of the molecule is COCCN1CCn2c(nc3cc(NC(=O)c4ccc(Cl)cc4)ccc32)C1. The number of fused-ring (bicyclic) bond motifs is 3. The molecule has 1 N–H and O–H groups in total. The number of halogens is 1. The molecule has 0 saturated heterocycles. The maximum absolute atomic E-state index is 12.4. The van der Waals surface area contributed by atoms with E-state index in [-0.39, 0.29) is 5.91 Å². The number of imidazole rings is 1. The number of carbonyl (C=O) groups excluding carboxylic acids is 1. The van der Waals surface area contributed by atoms with Crippen LogP contribution in [0.5, 0.6) is 0 Å². The minimum atomic E-state index is -0.166. The lowest BCUT2D eigenvalue weighted by Gasteiger charge is -2.27. The van der Waals surface area contributed by atoms with Crippen LogP contribution >= 0.6 is 11.6 Å². The zero-order valence-corrected chi connectivity index (χ0v) is 15.9. The first-order valence-corrected chi connectivity index (χ1v) is 9.29. The molecule has 0 radical (unpaired) electrons. The van der Waals surface area contributed by atoms with Crippen molar-refractivity contribution in [2.75, 3.05) is 32.1 Å². The molecule has 0 saturated carbocycles. The van der Waals surface area contributed by atoms with Crippen LogP contribution in [0.4, 0.5) is 5.69 Å². The summed E-state index contributed by atoms with van der Waals surface area (Å²) in [7, 11) is 1.72. The number of nitrogens with zero attached hydrogens (tertiary/aromatic N) is 3. The third-order valence-electron chi connectivity index (χ3n) is 4.81. The first-order chi connectivity index (χ1) is 13.1. The molecular formula is C20H21ClN4O2. The van der Waals surface area contributed by atoms with Crippen LogP contribution in [0.25, 0.3) is 11.0 Å². The summed E-state index contributed by atoms with van der Waals surface area (Å²) >= 11 is 5.88. The Morgan fingerprint density at radius 2 is 2.04 bits per heavy atom. The number of nitrogens with one attached hydrogen (secondary N) is 1. The molecule has 1 amide bonds. The molecule has 0 unspecified atom stereocenters. The van der Waals surface area contributed by atoms with Crippen molar-refractivity contribution >= 4 is 34.2 Å². The van der Waals surface area contributed by atoms with Crippen LogP contribution < -0.4 is 5.32 Å². The average Bonchev–Trinajstić information content (AvgIpc) is 3.03. The third-order valence-corrected chi connectivity index (χ3v) is 5.06. The summed E-state index contributed by atoms with van der Waals surface area (Å²) in [6, 6.07) is 12.7. The maximum atomic E-state index is 12.4. The lowest BCUT2D eigenvalue weighted by molar-refractivity contribution is 0.102. The standard InChI is InChI=1S/C20H21ClN4O2/c1-27-11-10-24-8-9-25-18-7-6-16(12-17(18)23-19(25)13-24)22-20(26)14-2-4-15(21)5-3-14/h2-7,12H,8-11,13H2,1H3,(H,22,26). The molecule has 0 atom stereocenters. The van der Waals surface area contributed by atoms with Crippen molar-refractivity contribution in [3.8, 4) is 0 Å². The molecule has 2 aromatic carbocycles. The van der Waals surface area contributed by atoms with E-state index < -0.39 is 0 Å². The molecule has 0 bridgehead atoms. The van der Waals surface area contributed by atoms with Gasteiger partial charge in [0.2, 0.25) is 0 Å². The van der Waals surface area contributed by atoms with Gasteiger partial charge in [-0.05, 0) is 42.5 Å². The number of anilines is 1. The van der Waals surface area contributed by atoms with Gasteiger partial charge in [0.1, 0.15) is 5.82 Å². The van der Waals surface area contributed by atoms with Gasteiger partial charge in [-0.2, -0.15) is 0 Å². The van der Waals surface area contributed by atoms with E-state index in [0.717, 1.165) is 55.3 Å². The second kappa shape index (κ2) is 7.68. The van der Waals surface area contributed by atoms with Gasteiger partial charge in [0.25, 0.3) is 5.91 Å². The maximum Gasteiger partial charge on any atom is 0.255 e. The second-order valence-corrected chi connectivity index (χ2v) is 7.05. The Balaban J connectivity index is 1.53. The zero-order valence-electron chi connectivity index (χ0n) is 15.1. The molecule has 0 spiro atoms. The lowest BCUT2D eigenvalue weighted by Crippen LogP contribution is -2.35. The average molecular weight is 385 g/mol. The fourth-order valence-electron chi connectivity index (χ4n) is 3.36. The largest absolute Gasteiger partial charge is 0.383 e. The number of carbonyl (C=O) groups is 1. The number of hydrogen-bond acceptors (Lipinski definition) is 4. The number of hydrogen-bond donors (Lipinski definition) is 1. The predicted octanol–water partition coefficient (Wildman–Crippen LogP) is 3.40. The highest BCUT2D eigenvalue weighted by atomic mass is 35.5. The van der Waals surface area contributed by atoms with Gasteiger partial charge in [0.05, 0.1) is 24.2 Å². The van der Waals surface area contributed by atoms with Crippen LogP contribution in [0.15, 0.2) is 42.5 Å². The Labute approximate surface area is 162 Å². The summed E-state index contributed by atoms with van der Waals surface area (Å²) in [5.41, 5.74) is 3.29. The minimum absolute atomic E-state index is 0.166. The molecule has 2 heterocycles. The highest BCUT2D eigenvalue weighted by Gasteiger charge is 2.20. The van der Waals surface area contributed by atoms with Gasteiger partial charge in [-0.1, -0.05) is 11.6 Å². The van der Waals surface area contributed by atoms with Crippen molar-refractivity contribution < 1.29 is 9.53 Å².